The molecule has 2 aromatic carbocycles. The molecule has 3 aromatic heterocycles. The van der Waals surface area contributed by atoms with Crippen molar-refractivity contribution < 1.29 is 23.9 Å². The molecule has 5 aromatic rings. The fourth-order valence-electron chi connectivity index (χ4n) is 8.13. The van der Waals surface area contributed by atoms with Gasteiger partial charge in [-0.3, -0.25) is 14.4 Å². The molecule has 3 saturated heterocycles. The highest BCUT2D eigenvalue weighted by Crippen LogP contribution is 2.36. The molecule has 3 atom stereocenters. The number of hydrogen-bond donors (Lipinski definition) is 2. The molecule has 0 aliphatic carbocycles. The van der Waals surface area contributed by atoms with Gasteiger partial charge in [-0.1, -0.05) is 24.1 Å². The lowest BCUT2D eigenvalue weighted by molar-refractivity contribution is -0.132. The summed E-state index contributed by atoms with van der Waals surface area (Å²) in [4.78, 5) is 55.8. The van der Waals surface area contributed by atoms with Gasteiger partial charge in [0.2, 0.25) is 5.91 Å². The number of aliphatic hydroxyl groups is 1. The maximum absolute atomic E-state index is 14.1. The maximum atomic E-state index is 14.1. The van der Waals surface area contributed by atoms with Crippen LogP contribution in [-0.2, 0) is 16.1 Å². The average molecular weight is 740 g/mol. The molecule has 0 bridgehead atoms. The first-order valence-corrected chi connectivity index (χ1v) is 18.6. The summed E-state index contributed by atoms with van der Waals surface area (Å²) in [7, 11) is 0. The number of pyridine rings is 1. The predicted octanol–water partition coefficient (Wildman–Crippen LogP) is 3.53. The summed E-state index contributed by atoms with van der Waals surface area (Å²) in [6.07, 6.45) is 3.57. The van der Waals surface area contributed by atoms with E-state index in [2.05, 4.69) is 31.9 Å². The molecule has 0 spiro atoms. The molecule has 4 aliphatic heterocycles. The van der Waals surface area contributed by atoms with Crippen molar-refractivity contribution in [2.45, 2.75) is 50.5 Å². The smallest absolute Gasteiger partial charge is 0.298 e. The summed E-state index contributed by atoms with van der Waals surface area (Å²) in [5, 5.41) is 17.2. The largest absolute Gasteiger partial charge is 0.374 e. The Bertz CT molecular complexity index is 2400. The first-order chi connectivity index (χ1) is 26.8. The van der Waals surface area contributed by atoms with Crippen LogP contribution in [0.25, 0.3) is 17.0 Å². The summed E-state index contributed by atoms with van der Waals surface area (Å²) < 4.78 is 15.9. The number of anilines is 2. The fraction of sp³-hybridized carbons (Fsp3) is 0.317. The Hall–Kier alpha value is -6.33. The van der Waals surface area contributed by atoms with E-state index in [0.717, 1.165) is 53.5 Å². The van der Waals surface area contributed by atoms with Crippen molar-refractivity contribution in [2.75, 3.05) is 42.5 Å². The topological polar surface area (TPSA) is 140 Å². The Labute approximate surface area is 316 Å². The molecule has 4 aliphatic rings. The number of piperidine rings is 1. The summed E-state index contributed by atoms with van der Waals surface area (Å²) in [5.74, 6) is 6.23. The molecule has 13 nitrogen and oxygen atoms in total. The third-order valence-electron chi connectivity index (χ3n) is 11.0. The highest BCUT2D eigenvalue weighted by atomic mass is 19.1. The number of amides is 3. The van der Waals surface area contributed by atoms with Crippen LogP contribution in [0.5, 0.6) is 0 Å². The van der Waals surface area contributed by atoms with Crippen LogP contribution in [0.3, 0.4) is 0 Å². The molecular formula is C41H38FN9O4. The molecular weight excluding hydrogens is 702 g/mol. The van der Waals surface area contributed by atoms with Gasteiger partial charge < -0.3 is 30.0 Å². The summed E-state index contributed by atoms with van der Waals surface area (Å²) in [6, 6.07) is 21.2. The minimum Gasteiger partial charge on any atom is -0.374 e. The summed E-state index contributed by atoms with van der Waals surface area (Å²) in [5.41, 5.74) is 5.01. The highest BCUT2D eigenvalue weighted by molar-refractivity contribution is 6.01. The Balaban J connectivity index is 0.850. The molecule has 2 unspecified atom stereocenters. The average Bonchev–Trinajstić information content (AvgIpc) is 3.94. The second-order valence-corrected chi connectivity index (χ2v) is 14.3. The number of nitrogens with one attached hydrogen (secondary N) is 1. The lowest BCUT2D eigenvalue weighted by Crippen LogP contribution is -2.54. The van der Waals surface area contributed by atoms with Crippen molar-refractivity contribution in [3.63, 3.8) is 0 Å². The van der Waals surface area contributed by atoms with E-state index in [9.17, 15) is 23.9 Å². The van der Waals surface area contributed by atoms with E-state index in [1.807, 2.05) is 40.9 Å². The van der Waals surface area contributed by atoms with Gasteiger partial charge in [0, 0.05) is 56.3 Å². The van der Waals surface area contributed by atoms with E-state index < -0.39 is 12.3 Å². The number of aromatic nitrogens is 4. The van der Waals surface area contributed by atoms with Crippen LogP contribution in [0.15, 0.2) is 79.0 Å². The number of benzene rings is 2. The number of rotatable bonds is 5. The molecule has 0 saturated carbocycles. The van der Waals surface area contributed by atoms with Crippen LogP contribution in [0.4, 0.5) is 16.0 Å². The second-order valence-electron chi connectivity index (χ2n) is 14.3. The summed E-state index contributed by atoms with van der Waals surface area (Å²) >= 11 is 0. The lowest BCUT2D eigenvalue weighted by Gasteiger charge is -2.34. The van der Waals surface area contributed by atoms with E-state index in [-0.39, 0.29) is 36.1 Å². The maximum Gasteiger partial charge on any atom is 0.298 e. The van der Waals surface area contributed by atoms with Crippen molar-refractivity contribution in [1.82, 2.24) is 34.7 Å². The second kappa shape index (κ2) is 14.1. The molecule has 2 N–H and O–H groups in total. The number of carbonyl (C=O) groups is 3. The summed E-state index contributed by atoms with van der Waals surface area (Å²) in [6.45, 7) is 3.22. The third kappa shape index (κ3) is 6.61. The molecule has 3 fully saturated rings. The minimum absolute atomic E-state index is 0.0405. The van der Waals surface area contributed by atoms with E-state index in [0.29, 0.717) is 55.8 Å². The lowest BCUT2D eigenvalue weighted by atomic mass is 10.0. The number of piperazine rings is 1. The van der Waals surface area contributed by atoms with Gasteiger partial charge in [0.25, 0.3) is 11.8 Å². The van der Waals surface area contributed by atoms with E-state index >= 15 is 0 Å². The van der Waals surface area contributed by atoms with Crippen LogP contribution in [0.1, 0.15) is 58.8 Å². The quantitative estimate of drug-likeness (QED) is 0.260. The zero-order valence-electron chi connectivity index (χ0n) is 29.9. The Morgan fingerprint density at radius 2 is 1.73 bits per heavy atom. The zero-order valence-corrected chi connectivity index (χ0v) is 29.9. The number of imidazole rings is 1. The van der Waals surface area contributed by atoms with Crippen LogP contribution in [0, 0.1) is 17.7 Å². The van der Waals surface area contributed by atoms with Gasteiger partial charge in [-0.25, -0.2) is 18.9 Å². The number of nitrogens with zero attached hydrogens (tertiary/aromatic N) is 8. The molecule has 7 heterocycles. The molecule has 55 heavy (non-hydrogen) atoms. The van der Waals surface area contributed by atoms with Crippen molar-refractivity contribution in [3.05, 3.63) is 107 Å². The first-order valence-electron chi connectivity index (χ1n) is 18.6. The van der Waals surface area contributed by atoms with Gasteiger partial charge in [0.1, 0.15) is 35.4 Å². The number of fused-ring (bicyclic) bond motifs is 2. The highest BCUT2D eigenvalue weighted by Gasteiger charge is 2.39. The van der Waals surface area contributed by atoms with E-state index in [4.69, 9.17) is 10.1 Å². The van der Waals surface area contributed by atoms with Gasteiger partial charge in [0.15, 0.2) is 5.65 Å². The SMILES string of the molecule is O=C1NC(O)CCC1N1Cc2cc(C#CC(=O)N3CCN(c4cccc(-c5cnc6ccc(N7CCC[C@@H]7c7cccc(F)c7)nn56)n4)CC3)ccc2C1=O. The Morgan fingerprint density at radius 1 is 0.873 bits per heavy atom. The van der Waals surface area contributed by atoms with E-state index in [1.165, 1.54) is 11.0 Å². The predicted molar refractivity (Wildman–Crippen MR) is 201 cm³/mol. The number of carbonyl (C=O) groups excluding carboxylic acids is 3. The molecule has 278 valence electrons. The van der Waals surface area contributed by atoms with Gasteiger partial charge >= 0.3 is 0 Å². The number of hydrogen-bond acceptors (Lipinski definition) is 9. The van der Waals surface area contributed by atoms with Gasteiger partial charge in [-0.2, -0.15) is 0 Å². The molecule has 14 heteroatoms. The third-order valence-corrected chi connectivity index (χ3v) is 11.0. The number of halogens is 1. The monoisotopic (exact) mass is 739 g/mol. The van der Waals surface area contributed by atoms with Crippen LogP contribution >= 0.6 is 0 Å². The van der Waals surface area contributed by atoms with Gasteiger partial charge in [0.05, 0.1) is 17.9 Å². The minimum atomic E-state index is -0.888. The normalized spacial score (nSPS) is 21.1. The van der Waals surface area contributed by atoms with Crippen LogP contribution in [-0.4, -0.2) is 97.2 Å². The molecule has 9 rings (SSSR count). The molecule has 3 amide bonds. The van der Waals surface area contributed by atoms with Crippen molar-refractivity contribution >= 4 is 35.0 Å². The van der Waals surface area contributed by atoms with Crippen LogP contribution < -0.4 is 15.1 Å². The number of aliphatic hydroxyl groups excluding tert-OH is 1. The zero-order chi connectivity index (χ0) is 37.6. The Kier molecular flexibility index (Phi) is 8.86. The van der Waals surface area contributed by atoms with Crippen molar-refractivity contribution in [3.8, 4) is 23.2 Å². The van der Waals surface area contributed by atoms with Crippen LogP contribution in [0.2, 0.25) is 0 Å². The Morgan fingerprint density at radius 3 is 2.56 bits per heavy atom. The van der Waals surface area contributed by atoms with Crippen molar-refractivity contribution in [1.29, 1.82) is 0 Å². The molecule has 0 radical (unpaired) electrons. The fourth-order valence-corrected chi connectivity index (χ4v) is 8.13. The standard InChI is InChI=1S/C41H38FN9O4/c42-29-5-1-4-27(23-29)32-7-3-17-49(32)37-14-13-35-43-24-34(51(35)46-37)31-6-2-8-36(44-31)47-18-20-48(21-19-47)39(53)16-10-26-9-11-30-28(22-26)25-50(41(30)55)33-12-15-38(52)45-40(33)54/h1-2,4-6,8-9,11,13-14,22-24,32-33,38,52H,3,7,12,15,17-21,25H2,(H,45,54)/t32-,33?,38?/m1/s1. The van der Waals surface area contributed by atoms with Gasteiger partial charge in [-0.05, 0) is 91.4 Å². The first kappa shape index (κ1) is 34.4. The van der Waals surface area contributed by atoms with Crippen molar-refractivity contribution in [2.24, 2.45) is 0 Å². The van der Waals surface area contributed by atoms with Gasteiger partial charge in [-0.15, -0.1) is 5.10 Å². The van der Waals surface area contributed by atoms with E-state index in [1.54, 1.807) is 41.4 Å².